The molecule has 1 amide bonds. The summed E-state index contributed by atoms with van der Waals surface area (Å²) in [6.07, 6.45) is 2.69. The first kappa shape index (κ1) is 21.0. The molecule has 1 aromatic rings. The van der Waals surface area contributed by atoms with Gasteiger partial charge >= 0.3 is 0 Å². The van der Waals surface area contributed by atoms with Gasteiger partial charge in [-0.1, -0.05) is 0 Å². The van der Waals surface area contributed by atoms with Gasteiger partial charge in [-0.3, -0.25) is 14.9 Å². The number of hydrogen-bond donors (Lipinski definition) is 2. The molecule has 8 nitrogen and oxygen atoms in total. The molecule has 2 unspecified atom stereocenters. The van der Waals surface area contributed by atoms with Crippen LogP contribution in [0.15, 0.2) is 12.1 Å². The number of carbonyl (C=O) groups is 1. The number of nitrogens with two attached hydrogens (primary N) is 1. The third-order valence-electron chi connectivity index (χ3n) is 4.32. The highest BCUT2D eigenvalue weighted by atomic mass is 35.5. The number of ether oxygens (including phenoxy) is 2. The van der Waals surface area contributed by atoms with Crippen LogP contribution in [-0.2, 0) is 11.2 Å². The van der Waals surface area contributed by atoms with Gasteiger partial charge in [-0.2, -0.15) is 0 Å². The van der Waals surface area contributed by atoms with Crippen molar-refractivity contribution in [3.63, 3.8) is 0 Å². The monoisotopic (exact) mass is 373 g/mol. The van der Waals surface area contributed by atoms with E-state index in [1.165, 1.54) is 20.3 Å². The van der Waals surface area contributed by atoms with Crippen LogP contribution in [0.1, 0.15) is 24.8 Å². The molecule has 2 rings (SSSR count). The fourth-order valence-electron chi connectivity index (χ4n) is 3.00. The van der Waals surface area contributed by atoms with Crippen molar-refractivity contribution in [3.05, 3.63) is 27.8 Å². The van der Waals surface area contributed by atoms with Gasteiger partial charge in [-0.15, -0.1) is 12.4 Å². The number of halogens is 1. The van der Waals surface area contributed by atoms with Gasteiger partial charge in [0.2, 0.25) is 5.91 Å². The molecule has 0 aliphatic heterocycles. The molecule has 1 aliphatic carbocycles. The predicted molar refractivity (Wildman–Crippen MR) is 95.5 cm³/mol. The normalized spacial score (nSPS) is 19.0. The van der Waals surface area contributed by atoms with E-state index in [2.05, 4.69) is 5.32 Å². The van der Waals surface area contributed by atoms with Crippen LogP contribution in [0.25, 0.3) is 0 Å². The average Bonchev–Trinajstić information content (AvgIpc) is 3.00. The number of rotatable bonds is 7. The number of nitro benzene ring substituents is 1. The van der Waals surface area contributed by atoms with E-state index in [1.807, 2.05) is 0 Å². The molecule has 1 aliphatic rings. The van der Waals surface area contributed by atoms with Crippen molar-refractivity contribution >= 4 is 24.0 Å². The number of methoxy groups -OCH3 is 2. The molecule has 1 fully saturated rings. The minimum Gasteiger partial charge on any atom is -0.493 e. The number of nitrogens with zero attached hydrogens (tertiary/aromatic N) is 1. The molecule has 25 heavy (non-hydrogen) atoms. The molecule has 1 aromatic carbocycles. The highest BCUT2D eigenvalue weighted by molar-refractivity contribution is 5.85. The minimum atomic E-state index is -0.463. The van der Waals surface area contributed by atoms with Crippen molar-refractivity contribution in [3.8, 4) is 11.5 Å². The summed E-state index contributed by atoms with van der Waals surface area (Å²) in [6.45, 7) is 0.320. The van der Waals surface area contributed by atoms with Gasteiger partial charge in [0.25, 0.3) is 5.69 Å². The summed E-state index contributed by atoms with van der Waals surface area (Å²) in [7, 11) is 2.90. The van der Waals surface area contributed by atoms with E-state index in [0.29, 0.717) is 36.4 Å². The average molecular weight is 374 g/mol. The van der Waals surface area contributed by atoms with Crippen molar-refractivity contribution in [1.29, 1.82) is 0 Å². The van der Waals surface area contributed by atoms with E-state index < -0.39 is 4.92 Å². The van der Waals surface area contributed by atoms with E-state index in [4.69, 9.17) is 15.2 Å². The van der Waals surface area contributed by atoms with E-state index in [0.717, 1.165) is 12.8 Å². The Labute approximate surface area is 152 Å². The van der Waals surface area contributed by atoms with Gasteiger partial charge in [-0.05, 0) is 31.7 Å². The first-order valence-corrected chi connectivity index (χ1v) is 7.88. The molecule has 0 saturated heterocycles. The summed E-state index contributed by atoms with van der Waals surface area (Å²) in [5.41, 5.74) is 6.25. The topological polar surface area (TPSA) is 117 Å². The Balaban J connectivity index is 0.00000312. The molecular weight excluding hydrogens is 350 g/mol. The molecular formula is C16H24ClN3O5. The zero-order valence-electron chi connectivity index (χ0n) is 14.3. The molecule has 0 aromatic heterocycles. The Kier molecular flexibility index (Phi) is 7.92. The number of carbonyl (C=O) groups excluding carboxylic acids is 1. The Hall–Kier alpha value is -2.06. The summed E-state index contributed by atoms with van der Waals surface area (Å²) in [6, 6.07) is 3.01. The molecule has 0 spiro atoms. The summed E-state index contributed by atoms with van der Waals surface area (Å²) in [5, 5.41) is 14.1. The third-order valence-corrected chi connectivity index (χ3v) is 4.32. The molecule has 9 heteroatoms. The van der Waals surface area contributed by atoms with Crippen LogP contribution in [0, 0.1) is 16.0 Å². The quantitative estimate of drug-likeness (QED) is 0.556. The molecule has 0 heterocycles. The van der Waals surface area contributed by atoms with Crippen LogP contribution in [0.5, 0.6) is 11.5 Å². The fourth-order valence-corrected chi connectivity index (χ4v) is 3.00. The standard InChI is InChI=1S/C16H23N3O5.ClH/c1-23-14-8-10(13(19(21)22)9-15(14)24-2)5-6-18-16(20)11-3-4-12(17)7-11;/h8-9,11-12H,3-7,17H2,1-2H3,(H,18,20);1H. The van der Waals surface area contributed by atoms with Gasteiger partial charge < -0.3 is 20.5 Å². The predicted octanol–water partition coefficient (Wildman–Crippen LogP) is 1.82. The smallest absolute Gasteiger partial charge is 0.276 e. The van der Waals surface area contributed by atoms with Crippen LogP contribution in [-0.4, -0.2) is 37.6 Å². The largest absolute Gasteiger partial charge is 0.493 e. The highest BCUT2D eigenvalue weighted by Gasteiger charge is 2.27. The molecule has 3 N–H and O–H groups in total. The van der Waals surface area contributed by atoms with Crippen molar-refractivity contribution in [2.75, 3.05) is 20.8 Å². The number of nitro groups is 1. The first-order chi connectivity index (χ1) is 11.5. The van der Waals surface area contributed by atoms with Gasteiger partial charge in [0.15, 0.2) is 11.5 Å². The molecule has 1 saturated carbocycles. The van der Waals surface area contributed by atoms with Crippen LogP contribution in [0.4, 0.5) is 5.69 Å². The van der Waals surface area contributed by atoms with Crippen LogP contribution in [0.2, 0.25) is 0 Å². The number of amides is 1. The van der Waals surface area contributed by atoms with Gasteiger partial charge in [0.1, 0.15) is 0 Å². The molecule has 2 atom stereocenters. The minimum absolute atomic E-state index is 0. The second-order valence-electron chi connectivity index (χ2n) is 5.90. The second kappa shape index (κ2) is 9.43. The van der Waals surface area contributed by atoms with Crippen molar-refractivity contribution in [2.45, 2.75) is 31.7 Å². The number of hydrogen-bond acceptors (Lipinski definition) is 6. The Morgan fingerprint density at radius 2 is 1.96 bits per heavy atom. The van der Waals surface area contributed by atoms with E-state index in [9.17, 15) is 14.9 Å². The number of nitrogens with one attached hydrogen (secondary N) is 1. The zero-order valence-corrected chi connectivity index (χ0v) is 15.1. The molecule has 140 valence electrons. The number of benzene rings is 1. The molecule has 0 radical (unpaired) electrons. The van der Waals surface area contributed by atoms with E-state index >= 15 is 0 Å². The van der Waals surface area contributed by atoms with Crippen molar-refractivity contribution in [1.82, 2.24) is 5.32 Å². The summed E-state index contributed by atoms with van der Waals surface area (Å²) < 4.78 is 10.3. The lowest BCUT2D eigenvalue weighted by molar-refractivity contribution is -0.385. The Morgan fingerprint density at radius 3 is 2.48 bits per heavy atom. The first-order valence-electron chi connectivity index (χ1n) is 7.88. The van der Waals surface area contributed by atoms with Crippen LogP contribution in [0.3, 0.4) is 0 Å². The Morgan fingerprint density at radius 1 is 1.32 bits per heavy atom. The Bertz CT molecular complexity index is 626. The van der Waals surface area contributed by atoms with Crippen molar-refractivity contribution in [2.24, 2.45) is 11.7 Å². The third kappa shape index (κ3) is 5.20. The van der Waals surface area contributed by atoms with Gasteiger partial charge in [0, 0.05) is 24.1 Å². The zero-order chi connectivity index (χ0) is 17.7. The van der Waals surface area contributed by atoms with Crippen LogP contribution < -0.4 is 20.5 Å². The van der Waals surface area contributed by atoms with Crippen molar-refractivity contribution < 1.29 is 19.2 Å². The summed E-state index contributed by atoms with van der Waals surface area (Å²) in [4.78, 5) is 22.9. The van der Waals surface area contributed by atoms with E-state index in [1.54, 1.807) is 6.07 Å². The maximum atomic E-state index is 12.1. The fraction of sp³-hybridized carbons (Fsp3) is 0.562. The highest BCUT2D eigenvalue weighted by Crippen LogP contribution is 2.34. The summed E-state index contributed by atoms with van der Waals surface area (Å²) in [5.74, 6) is 0.634. The summed E-state index contributed by atoms with van der Waals surface area (Å²) >= 11 is 0. The van der Waals surface area contributed by atoms with Gasteiger partial charge in [-0.25, -0.2) is 0 Å². The SMILES string of the molecule is COc1cc(CCNC(=O)C2CCC(N)C2)c([N+](=O)[O-])cc1OC.Cl. The lowest BCUT2D eigenvalue weighted by Gasteiger charge is -2.12. The lowest BCUT2D eigenvalue weighted by atomic mass is 10.1. The van der Waals surface area contributed by atoms with Crippen LogP contribution >= 0.6 is 12.4 Å². The maximum Gasteiger partial charge on any atom is 0.276 e. The van der Waals surface area contributed by atoms with E-state index in [-0.39, 0.29) is 36.0 Å². The van der Waals surface area contributed by atoms with Gasteiger partial charge in [0.05, 0.1) is 25.2 Å². The lowest BCUT2D eigenvalue weighted by Crippen LogP contribution is -2.32. The molecule has 0 bridgehead atoms. The maximum absolute atomic E-state index is 12.1. The second-order valence-corrected chi connectivity index (χ2v) is 5.90.